The van der Waals surface area contributed by atoms with Gasteiger partial charge in [-0.3, -0.25) is 4.79 Å². The first-order valence-corrected chi connectivity index (χ1v) is 11.6. The Morgan fingerprint density at radius 1 is 0.919 bits per heavy atom. The van der Waals surface area contributed by atoms with Crippen LogP contribution in [0.3, 0.4) is 0 Å². The lowest BCUT2D eigenvalue weighted by Crippen LogP contribution is -2.14. The normalized spacial score (nSPS) is 11.0. The van der Waals surface area contributed by atoms with E-state index in [1.54, 1.807) is 24.3 Å². The summed E-state index contributed by atoms with van der Waals surface area (Å²) in [4.78, 5) is 23.8. The summed E-state index contributed by atoms with van der Waals surface area (Å²) in [6.07, 6.45) is 1.44. The van der Waals surface area contributed by atoms with Crippen LogP contribution < -0.4 is 14.8 Å². The molecule has 0 aromatic heterocycles. The predicted molar refractivity (Wildman–Crippen MR) is 142 cm³/mol. The third-order valence-electron chi connectivity index (χ3n) is 5.52. The quantitative estimate of drug-likeness (QED) is 0.217. The van der Waals surface area contributed by atoms with Crippen molar-refractivity contribution in [3.63, 3.8) is 0 Å². The van der Waals surface area contributed by atoms with Crippen LogP contribution >= 0.6 is 0 Å². The lowest BCUT2D eigenvalue weighted by molar-refractivity contribution is -0.112. The van der Waals surface area contributed by atoms with Crippen LogP contribution in [0.5, 0.6) is 11.5 Å². The molecule has 184 valence electrons. The van der Waals surface area contributed by atoms with E-state index in [2.05, 4.69) is 29.6 Å². The highest BCUT2D eigenvalue weighted by Gasteiger charge is 2.13. The molecule has 0 bridgehead atoms. The number of hydrogen-bond acceptors (Lipinski definition) is 5. The van der Waals surface area contributed by atoms with Crippen molar-refractivity contribution in [1.29, 1.82) is 5.26 Å². The summed E-state index contributed by atoms with van der Waals surface area (Å²) in [6, 6.07) is 27.1. The molecule has 0 aliphatic carbocycles. The molecule has 0 saturated carbocycles. The number of anilines is 1. The van der Waals surface area contributed by atoms with Gasteiger partial charge in [0.15, 0.2) is 11.5 Å². The first kappa shape index (κ1) is 25.0. The van der Waals surface area contributed by atoms with Gasteiger partial charge >= 0.3 is 5.97 Å². The monoisotopic (exact) mass is 492 g/mol. The van der Waals surface area contributed by atoms with E-state index < -0.39 is 11.9 Å². The van der Waals surface area contributed by atoms with Gasteiger partial charge in [0, 0.05) is 5.69 Å². The SMILES string of the molecule is CCOc1cc(/C=C(/C#N)C(=O)Nc2cccc(C(=O)O)c2)ccc1OCc1ccc2ccccc2c1. The summed E-state index contributed by atoms with van der Waals surface area (Å²) in [5.41, 5.74) is 1.75. The molecule has 0 fully saturated rings. The third-order valence-corrected chi connectivity index (χ3v) is 5.52. The number of fused-ring (bicyclic) bond motifs is 1. The molecule has 7 nitrogen and oxygen atoms in total. The smallest absolute Gasteiger partial charge is 0.335 e. The van der Waals surface area contributed by atoms with Gasteiger partial charge in [0.05, 0.1) is 12.2 Å². The Labute approximate surface area is 214 Å². The number of rotatable bonds is 9. The van der Waals surface area contributed by atoms with Gasteiger partial charge in [0.2, 0.25) is 0 Å². The molecule has 1 amide bonds. The number of nitrogens with zero attached hydrogens (tertiary/aromatic N) is 1. The first-order chi connectivity index (χ1) is 18.0. The van der Waals surface area contributed by atoms with Gasteiger partial charge in [-0.05, 0) is 71.3 Å². The second-order valence-electron chi connectivity index (χ2n) is 8.12. The summed E-state index contributed by atoms with van der Waals surface area (Å²) >= 11 is 0. The predicted octanol–water partition coefficient (Wildman–Crippen LogP) is 6.06. The summed E-state index contributed by atoms with van der Waals surface area (Å²) in [5.74, 6) is -0.734. The molecule has 0 heterocycles. The standard InChI is InChI=1S/C30H24N2O5/c1-2-36-28-16-20(14-25(18-31)29(33)32-26-9-5-8-24(17-26)30(34)35)11-13-27(28)37-19-21-10-12-22-6-3-4-7-23(22)15-21/h3-17H,2,19H2,1H3,(H,32,33)(H,34,35)/b25-14-. The highest BCUT2D eigenvalue weighted by atomic mass is 16.5. The Bertz CT molecular complexity index is 1530. The number of ether oxygens (including phenoxy) is 2. The fraction of sp³-hybridized carbons (Fsp3) is 0.100. The van der Waals surface area contributed by atoms with Crippen molar-refractivity contribution in [3.8, 4) is 17.6 Å². The van der Waals surface area contributed by atoms with Gasteiger partial charge in [-0.25, -0.2) is 4.79 Å². The van der Waals surface area contributed by atoms with Crippen LogP contribution in [0.1, 0.15) is 28.4 Å². The third kappa shape index (κ3) is 6.32. The molecule has 0 aliphatic heterocycles. The lowest BCUT2D eigenvalue weighted by atomic mass is 10.1. The zero-order chi connectivity index (χ0) is 26.2. The van der Waals surface area contributed by atoms with E-state index in [9.17, 15) is 14.9 Å². The molecule has 0 radical (unpaired) electrons. The largest absolute Gasteiger partial charge is 0.490 e. The van der Waals surface area contributed by atoms with Gasteiger partial charge in [-0.2, -0.15) is 5.26 Å². The van der Waals surface area contributed by atoms with Crippen LogP contribution in [0, 0.1) is 11.3 Å². The Kier molecular flexibility index (Phi) is 7.82. The molecule has 2 N–H and O–H groups in total. The van der Waals surface area contributed by atoms with E-state index in [1.165, 1.54) is 24.3 Å². The summed E-state index contributed by atoms with van der Waals surface area (Å²) in [6.45, 7) is 2.61. The van der Waals surface area contributed by atoms with Crippen LogP contribution in [0.2, 0.25) is 0 Å². The number of carbonyl (C=O) groups excluding carboxylic acids is 1. The zero-order valence-corrected chi connectivity index (χ0v) is 20.1. The number of aromatic carboxylic acids is 1. The van der Waals surface area contributed by atoms with Crippen molar-refractivity contribution in [2.45, 2.75) is 13.5 Å². The van der Waals surface area contributed by atoms with Crippen LogP contribution in [0.4, 0.5) is 5.69 Å². The number of carbonyl (C=O) groups is 2. The Hall–Kier alpha value is -5.09. The highest BCUT2D eigenvalue weighted by molar-refractivity contribution is 6.10. The fourth-order valence-electron chi connectivity index (χ4n) is 3.74. The highest BCUT2D eigenvalue weighted by Crippen LogP contribution is 2.30. The molecule has 0 atom stereocenters. The summed E-state index contributed by atoms with van der Waals surface area (Å²) in [5, 5.41) is 23.5. The topological polar surface area (TPSA) is 109 Å². The van der Waals surface area contributed by atoms with Gasteiger partial charge < -0.3 is 19.9 Å². The van der Waals surface area contributed by atoms with E-state index in [-0.39, 0.29) is 16.8 Å². The van der Waals surface area contributed by atoms with Crippen molar-refractivity contribution in [2.75, 3.05) is 11.9 Å². The minimum Gasteiger partial charge on any atom is -0.490 e. The second kappa shape index (κ2) is 11.6. The molecule has 4 rings (SSSR count). The van der Waals surface area contributed by atoms with Crippen LogP contribution in [-0.2, 0) is 11.4 Å². The van der Waals surface area contributed by atoms with Crippen LogP contribution in [-0.4, -0.2) is 23.6 Å². The summed E-state index contributed by atoms with van der Waals surface area (Å²) < 4.78 is 11.8. The van der Waals surface area contributed by atoms with E-state index in [1.807, 2.05) is 31.2 Å². The van der Waals surface area contributed by atoms with Crippen LogP contribution in [0.15, 0.2) is 90.5 Å². The van der Waals surface area contributed by atoms with E-state index >= 15 is 0 Å². The minimum atomic E-state index is -1.11. The maximum atomic E-state index is 12.7. The number of carboxylic acids is 1. The van der Waals surface area contributed by atoms with Gasteiger partial charge in [-0.1, -0.05) is 48.5 Å². The molecule has 7 heteroatoms. The van der Waals surface area contributed by atoms with Gasteiger partial charge in [0.25, 0.3) is 5.91 Å². The average molecular weight is 493 g/mol. The number of nitrogens with one attached hydrogen (secondary N) is 1. The van der Waals surface area contributed by atoms with Crippen molar-refractivity contribution >= 4 is 34.4 Å². The second-order valence-corrected chi connectivity index (χ2v) is 8.12. The number of hydrogen-bond donors (Lipinski definition) is 2. The maximum absolute atomic E-state index is 12.7. The number of carboxylic acid groups (broad SMARTS) is 1. The molecule has 0 spiro atoms. The van der Waals surface area contributed by atoms with Crippen molar-refractivity contribution in [3.05, 3.63) is 107 Å². The minimum absolute atomic E-state index is 0.0286. The van der Waals surface area contributed by atoms with E-state index in [4.69, 9.17) is 14.6 Å². The molecule has 37 heavy (non-hydrogen) atoms. The van der Waals surface area contributed by atoms with Crippen molar-refractivity contribution in [1.82, 2.24) is 0 Å². The number of benzene rings is 4. The number of nitriles is 1. The van der Waals surface area contributed by atoms with Crippen LogP contribution in [0.25, 0.3) is 16.8 Å². The Balaban J connectivity index is 1.51. The molecule has 4 aromatic rings. The zero-order valence-electron chi connectivity index (χ0n) is 20.1. The van der Waals surface area contributed by atoms with E-state index in [0.717, 1.165) is 16.3 Å². The van der Waals surface area contributed by atoms with Gasteiger partial charge in [-0.15, -0.1) is 0 Å². The lowest BCUT2D eigenvalue weighted by Gasteiger charge is -2.13. The molecule has 0 aliphatic rings. The van der Waals surface area contributed by atoms with Crippen molar-refractivity contribution in [2.24, 2.45) is 0 Å². The fourth-order valence-corrected chi connectivity index (χ4v) is 3.74. The molecular weight excluding hydrogens is 468 g/mol. The molecule has 0 saturated heterocycles. The molecule has 0 unspecified atom stereocenters. The van der Waals surface area contributed by atoms with Gasteiger partial charge in [0.1, 0.15) is 18.2 Å². The molecule has 4 aromatic carbocycles. The van der Waals surface area contributed by atoms with Crippen molar-refractivity contribution < 1.29 is 24.2 Å². The number of amides is 1. The van der Waals surface area contributed by atoms with E-state index in [0.29, 0.717) is 30.3 Å². The maximum Gasteiger partial charge on any atom is 0.335 e. The first-order valence-electron chi connectivity index (χ1n) is 11.6. The Morgan fingerprint density at radius 3 is 2.49 bits per heavy atom. The average Bonchev–Trinajstić information content (AvgIpc) is 2.91. The molecular formula is C30H24N2O5. The Morgan fingerprint density at radius 2 is 1.73 bits per heavy atom. The summed E-state index contributed by atoms with van der Waals surface area (Å²) in [7, 11) is 0.